The van der Waals surface area contributed by atoms with E-state index in [-0.39, 0.29) is 0 Å². The van der Waals surface area contributed by atoms with Gasteiger partial charge in [0, 0.05) is 24.8 Å². The van der Waals surface area contributed by atoms with Crippen LogP contribution in [0.2, 0.25) is 0 Å². The molecule has 1 aromatic heterocycles. The molecule has 1 aromatic carbocycles. The molecular formula is C14H19N3O. The first kappa shape index (κ1) is 12.5. The molecule has 0 atom stereocenters. The lowest BCUT2D eigenvalue weighted by Gasteiger charge is -2.11. The number of hydrogen-bond acceptors (Lipinski definition) is 3. The largest absolute Gasteiger partial charge is 0.495 e. The Morgan fingerprint density at radius 1 is 1.33 bits per heavy atom. The first-order chi connectivity index (χ1) is 8.61. The number of nitrogens with zero attached hydrogens (tertiary/aromatic N) is 2. The highest BCUT2D eigenvalue weighted by molar-refractivity contribution is 5.57. The van der Waals surface area contributed by atoms with Crippen LogP contribution in [0.5, 0.6) is 5.75 Å². The van der Waals surface area contributed by atoms with Gasteiger partial charge in [0.15, 0.2) is 0 Å². The van der Waals surface area contributed by atoms with Crippen molar-refractivity contribution >= 4 is 5.69 Å². The summed E-state index contributed by atoms with van der Waals surface area (Å²) >= 11 is 0. The van der Waals surface area contributed by atoms with Gasteiger partial charge in [0.05, 0.1) is 19.0 Å². The van der Waals surface area contributed by atoms with Gasteiger partial charge in [0.2, 0.25) is 0 Å². The van der Waals surface area contributed by atoms with Crippen LogP contribution in [-0.4, -0.2) is 16.9 Å². The lowest BCUT2D eigenvalue weighted by molar-refractivity contribution is 0.416. The fourth-order valence-corrected chi connectivity index (χ4v) is 1.85. The van der Waals surface area contributed by atoms with Gasteiger partial charge in [-0.2, -0.15) is 5.10 Å². The molecule has 0 saturated heterocycles. The molecule has 0 saturated carbocycles. The fourth-order valence-electron chi connectivity index (χ4n) is 1.85. The highest BCUT2D eigenvalue weighted by Gasteiger charge is 2.06. The molecule has 4 nitrogen and oxygen atoms in total. The number of methoxy groups -OCH3 is 1. The van der Waals surface area contributed by atoms with E-state index in [9.17, 15) is 0 Å². The summed E-state index contributed by atoms with van der Waals surface area (Å²) in [5.74, 6) is 0.872. The first-order valence-corrected chi connectivity index (χ1v) is 5.98. The van der Waals surface area contributed by atoms with Gasteiger partial charge in [-0.25, -0.2) is 0 Å². The quantitative estimate of drug-likeness (QED) is 0.900. The smallest absolute Gasteiger partial charge is 0.142 e. The summed E-state index contributed by atoms with van der Waals surface area (Å²) < 4.78 is 7.25. The van der Waals surface area contributed by atoms with Gasteiger partial charge < -0.3 is 10.1 Å². The third-order valence-electron chi connectivity index (χ3n) is 3.16. The Hall–Kier alpha value is -1.97. The van der Waals surface area contributed by atoms with Crippen LogP contribution in [0.1, 0.15) is 16.8 Å². The van der Waals surface area contributed by atoms with E-state index >= 15 is 0 Å². The molecule has 0 unspecified atom stereocenters. The number of nitrogens with one attached hydrogen (secondary N) is 1. The Labute approximate surface area is 108 Å². The minimum atomic E-state index is 0.749. The van der Waals surface area contributed by atoms with Crippen LogP contribution in [0.15, 0.2) is 24.4 Å². The molecule has 18 heavy (non-hydrogen) atoms. The zero-order valence-electron chi connectivity index (χ0n) is 11.3. The molecule has 1 N–H and O–H groups in total. The van der Waals surface area contributed by atoms with Crippen LogP contribution in [-0.2, 0) is 13.6 Å². The number of rotatable bonds is 4. The standard InChI is InChI=1S/C14H19N3O/c1-10-5-6-13(14(7-10)18-4)15-8-12-9-16-17(3)11(12)2/h5-7,9,15H,8H2,1-4H3. The van der Waals surface area contributed by atoms with Gasteiger partial charge in [0.25, 0.3) is 0 Å². The van der Waals surface area contributed by atoms with Crippen molar-refractivity contribution < 1.29 is 4.74 Å². The fraction of sp³-hybridized carbons (Fsp3) is 0.357. The molecule has 2 aromatic rings. The zero-order chi connectivity index (χ0) is 13.1. The number of benzene rings is 1. The van der Waals surface area contributed by atoms with E-state index in [0.717, 1.165) is 18.0 Å². The van der Waals surface area contributed by atoms with Crippen molar-refractivity contribution in [2.45, 2.75) is 20.4 Å². The summed E-state index contributed by atoms with van der Waals surface area (Å²) in [4.78, 5) is 0. The molecule has 0 amide bonds. The molecule has 0 bridgehead atoms. The normalized spacial score (nSPS) is 10.4. The molecule has 4 heteroatoms. The average Bonchev–Trinajstić information content (AvgIpc) is 2.68. The second kappa shape index (κ2) is 5.12. The van der Waals surface area contributed by atoms with E-state index in [4.69, 9.17) is 4.74 Å². The van der Waals surface area contributed by atoms with E-state index in [1.165, 1.54) is 16.8 Å². The Bertz CT molecular complexity index is 546. The highest BCUT2D eigenvalue weighted by Crippen LogP contribution is 2.25. The summed E-state index contributed by atoms with van der Waals surface area (Å²) in [6.45, 7) is 4.87. The molecule has 0 aliphatic carbocycles. The molecule has 0 aliphatic heterocycles. The number of anilines is 1. The third-order valence-corrected chi connectivity index (χ3v) is 3.16. The van der Waals surface area contributed by atoms with Gasteiger partial charge in [0.1, 0.15) is 5.75 Å². The molecule has 0 aliphatic rings. The lowest BCUT2D eigenvalue weighted by atomic mass is 10.2. The van der Waals surface area contributed by atoms with Crippen LogP contribution >= 0.6 is 0 Å². The lowest BCUT2D eigenvalue weighted by Crippen LogP contribution is -2.03. The van der Waals surface area contributed by atoms with E-state index in [2.05, 4.69) is 30.3 Å². The highest BCUT2D eigenvalue weighted by atomic mass is 16.5. The predicted molar refractivity (Wildman–Crippen MR) is 73.0 cm³/mol. The maximum Gasteiger partial charge on any atom is 0.142 e. The van der Waals surface area contributed by atoms with Crippen LogP contribution in [0, 0.1) is 13.8 Å². The van der Waals surface area contributed by atoms with Crippen LogP contribution in [0.3, 0.4) is 0 Å². The van der Waals surface area contributed by atoms with E-state index in [0.29, 0.717) is 0 Å². The number of ether oxygens (including phenoxy) is 1. The van der Waals surface area contributed by atoms with Gasteiger partial charge in [-0.05, 0) is 31.5 Å². The van der Waals surface area contributed by atoms with Gasteiger partial charge in [-0.3, -0.25) is 4.68 Å². The molecule has 0 fully saturated rings. The molecule has 96 valence electrons. The Balaban J connectivity index is 2.13. The van der Waals surface area contributed by atoms with Gasteiger partial charge in [-0.15, -0.1) is 0 Å². The summed E-state index contributed by atoms with van der Waals surface area (Å²) in [6, 6.07) is 6.14. The molecule has 2 rings (SSSR count). The number of aryl methyl sites for hydroxylation is 2. The SMILES string of the molecule is COc1cc(C)ccc1NCc1cnn(C)c1C. The first-order valence-electron chi connectivity index (χ1n) is 5.98. The predicted octanol–water partition coefficient (Wildman–Crippen LogP) is 2.66. The summed E-state index contributed by atoms with van der Waals surface area (Å²) in [6.07, 6.45) is 1.89. The van der Waals surface area contributed by atoms with E-state index < -0.39 is 0 Å². The third kappa shape index (κ3) is 2.47. The molecule has 0 radical (unpaired) electrons. The van der Waals surface area contributed by atoms with E-state index in [1.54, 1.807) is 7.11 Å². The Morgan fingerprint density at radius 3 is 2.72 bits per heavy atom. The second-order valence-corrected chi connectivity index (χ2v) is 4.44. The second-order valence-electron chi connectivity index (χ2n) is 4.44. The van der Waals surface area contributed by atoms with Crippen molar-refractivity contribution in [3.8, 4) is 5.75 Å². The topological polar surface area (TPSA) is 39.1 Å². The molecule has 1 heterocycles. The Morgan fingerprint density at radius 2 is 2.11 bits per heavy atom. The summed E-state index contributed by atoms with van der Waals surface area (Å²) in [5, 5.41) is 7.61. The van der Waals surface area contributed by atoms with Crippen LogP contribution < -0.4 is 10.1 Å². The maximum atomic E-state index is 5.37. The Kier molecular flexibility index (Phi) is 3.55. The monoisotopic (exact) mass is 245 g/mol. The summed E-state index contributed by atoms with van der Waals surface area (Å²) in [7, 11) is 3.64. The average molecular weight is 245 g/mol. The molecular weight excluding hydrogens is 226 g/mol. The zero-order valence-corrected chi connectivity index (χ0v) is 11.3. The van der Waals surface area contributed by atoms with Crippen molar-refractivity contribution in [1.82, 2.24) is 9.78 Å². The number of hydrogen-bond donors (Lipinski definition) is 1. The van der Waals surface area contributed by atoms with Crippen molar-refractivity contribution in [3.05, 3.63) is 41.2 Å². The molecule has 0 spiro atoms. The maximum absolute atomic E-state index is 5.37. The van der Waals surface area contributed by atoms with Crippen LogP contribution in [0.25, 0.3) is 0 Å². The van der Waals surface area contributed by atoms with Crippen molar-refractivity contribution in [2.75, 3.05) is 12.4 Å². The van der Waals surface area contributed by atoms with Crippen LogP contribution in [0.4, 0.5) is 5.69 Å². The minimum absolute atomic E-state index is 0.749. The van der Waals surface area contributed by atoms with E-state index in [1.807, 2.05) is 30.1 Å². The van der Waals surface area contributed by atoms with Crippen molar-refractivity contribution in [1.29, 1.82) is 0 Å². The van der Waals surface area contributed by atoms with Crippen molar-refractivity contribution in [3.63, 3.8) is 0 Å². The van der Waals surface area contributed by atoms with Gasteiger partial charge >= 0.3 is 0 Å². The summed E-state index contributed by atoms with van der Waals surface area (Å²) in [5.41, 5.74) is 4.56. The van der Waals surface area contributed by atoms with Gasteiger partial charge in [-0.1, -0.05) is 6.07 Å². The number of aromatic nitrogens is 2. The van der Waals surface area contributed by atoms with Crippen molar-refractivity contribution in [2.24, 2.45) is 7.05 Å². The minimum Gasteiger partial charge on any atom is -0.495 e.